The van der Waals surface area contributed by atoms with E-state index >= 15 is 0 Å². The zero-order valence-electron chi connectivity index (χ0n) is 15.0. The van der Waals surface area contributed by atoms with Crippen molar-refractivity contribution >= 4 is 21.7 Å². The minimum Gasteiger partial charge on any atom is -0.487 e. The van der Waals surface area contributed by atoms with Gasteiger partial charge in [-0.1, -0.05) is 49.7 Å². The molecule has 0 saturated carbocycles. The van der Waals surface area contributed by atoms with Crippen LogP contribution in [0.3, 0.4) is 0 Å². The average molecular weight is 379 g/mol. The Morgan fingerprint density at radius 2 is 1.65 bits per heavy atom. The van der Waals surface area contributed by atoms with Crippen LogP contribution in [-0.2, 0) is 9.53 Å². The predicted molar refractivity (Wildman–Crippen MR) is 101 cm³/mol. The first kappa shape index (κ1) is 19.7. The van der Waals surface area contributed by atoms with Crippen LogP contribution in [0.4, 0.5) is 0 Å². The molecule has 0 unspecified atom stereocenters. The van der Waals surface area contributed by atoms with Gasteiger partial charge in [0.05, 0.1) is 12.0 Å². The smallest absolute Gasteiger partial charge is 0.170 e. The lowest BCUT2D eigenvalue weighted by Gasteiger charge is -2.31. The van der Waals surface area contributed by atoms with E-state index < -0.39 is 5.60 Å². The monoisotopic (exact) mass is 378 g/mol. The summed E-state index contributed by atoms with van der Waals surface area (Å²) >= 11 is 3.50. The molecule has 0 amide bonds. The third kappa shape index (κ3) is 5.07. The van der Waals surface area contributed by atoms with Crippen LogP contribution in [0.5, 0.6) is 0 Å². The molecule has 0 spiro atoms. The van der Waals surface area contributed by atoms with Crippen molar-refractivity contribution in [3.63, 3.8) is 0 Å². The summed E-state index contributed by atoms with van der Waals surface area (Å²) < 4.78 is 7.00. The Hall–Kier alpha value is -1.35. The van der Waals surface area contributed by atoms with Crippen LogP contribution in [0.2, 0.25) is 0 Å². The molecule has 0 fully saturated rings. The molecular formula is C20H27BrO2. The maximum Gasteiger partial charge on any atom is 0.170 e. The topological polar surface area (TPSA) is 26.3 Å². The lowest BCUT2D eigenvalue weighted by Crippen LogP contribution is -2.33. The van der Waals surface area contributed by atoms with E-state index in [0.717, 1.165) is 22.0 Å². The first-order valence-electron chi connectivity index (χ1n) is 8.36. The van der Waals surface area contributed by atoms with E-state index in [1.54, 1.807) is 0 Å². The van der Waals surface area contributed by atoms with Gasteiger partial charge in [-0.3, -0.25) is 4.79 Å². The van der Waals surface area contributed by atoms with E-state index in [4.69, 9.17) is 4.74 Å². The second-order valence-electron chi connectivity index (χ2n) is 5.72. The Morgan fingerprint density at radius 3 is 2.30 bits per heavy atom. The van der Waals surface area contributed by atoms with Crippen LogP contribution in [0, 0.1) is 0 Å². The van der Waals surface area contributed by atoms with Gasteiger partial charge in [0.2, 0.25) is 0 Å². The Morgan fingerprint density at radius 1 is 1.00 bits per heavy atom. The van der Waals surface area contributed by atoms with E-state index in [-0.39, 0.29) is 5.78 Å². The van der Waals surface area contributed by atoms with Gasteiger partial charge in [-0.25, -0.2) is 0 Å². The minimum absolute atomic E-state index is 0.162. The van der Waals surface area contributed by atoms with E-state index in [2.05, 4.69) is 28.1 Å². The number of Topliss-reactive ketones (excluding diaryl/α,β-unsaturated/α-hetero) is 1. The molecule has 0 aromatic heterocycles. The molecule has 0 saturated heterocycles. The fourth-order valence-electron chi connectivity index (χ4n) is 2.57. The number of ether oxygens (including phenoxy) is 1. The van der Waals surface area contributed by atoms with Gasteiger partial charge >= 0.3 is 0 Å². The Kier molecular flexibility index (Phi) is 7.27. The minimum atomic E-state index is -0.417. The number of allylic oxidation sites excluding steroid dienone is 9. The van der Waals surface area contributed by atoms with E-state index in [1.807, 2.05) is 59.8 Å². The number of fused-ring (bicyclic) bond motifs is 2. The van der Waals surface area contributed by atoms with Crippen LogP contribution >= 0.6 is 15.9 Å². The molecule has 126 valence electrons. The maximum absolute atomic E-state index is 12.3. The summed E-state index contributed by atoms with van der Waals surface area (Å²) in [4.78, 5) is 12.3. The number of ketones is 1. The third-order valence-electron chi connectivity index (χ3n) is 3.37. The normalized spacial score (nSPS) is 20.8. The number of carbonyl (C=O) groups is 1. The fraction of sp³-hybridized carbons (Fsp3) is 0.450. The quantitative estimate of drug-likeness (QED) is 0.503. The molecular weight excluding hydrogens is 352 g/mol. The molecule has 2 nitrogen and oxygen atoms in total. The van der Waals surface area contributed by atoms with Crippen LogP contribution in [0.1, 0.15) is 54.4 Å². The van der Waals surface area contributed by atoms with Gasteiger partial charge in [0.1, 0.15) is 11.4 Å². The van der Waals surface area contributed by atoms with Crippen molar-refractivity contribution in [2.45, 2.75) is 60.0 Å². The summed E-state index contributed by atoms with van der Waals surface area (Å²) in [6.07, 6.45) is 11.4. The lowest BCUT2D eigenvalue weighted by molar-refractivity contribution is -0.122. The van der Waals surface area contributed by atoms with Crippen molar-refractivity contribution in [3.05, 3.63) is 57.3 Å². The second kappa shape index (κ2) is 8.49. The Bertz CT molecular complexity index is 614. The molecule has 3 rings (SSSR count). The number of carbonyl (C=O) groups excluding carboxylic acids is 1. The molecule has 0 atom stereocenters. The molecule has 23 heavy (non-hydrogen) atoms. The van der Waals surface area contributed by atoms with Crippen molar-refractivity contribution < 1.29 is 9.53 Å². The molecule has 2 aliphatic carbocycles. The van der Waals surface area contributed by atoms with Gasteiger partial charge in [-0.2, -0.15) is 0 Å². The lowest BCUT2D eigenvalue weighted by atomic mass is 9.92. The molecule has 0 N–H and O–H groups in total. The first-order valence-corrected chi connectivity index (χ1v) is 9.15. The molecule has 3 aliphatic rings. The number of hydrogen-bond acceptors (Lipinski definition) is 2. The highest BCUT2D eigenvalue weighted by Crippen LogP contribution is 2.36. The third-order valence-corrected chi connectivity index (χ3v) is 3.87. The maximum atomic E-state index is 12.3. The SMILES string of the molecule is CC.CC.CC1(C)CC(=O)C2=C(C=C3C=CC(Br)=CC(=C2)C3)O1. The van der Waals surface area contributed by atoms with Gasteiger partial charge in [0.25, 0.3) is 0 Å². The Labute approximate surface area is 148 Å². The van der Waals surface area contributed by atoms with Gasteiger partial charge < -0.3 is 4.74 Å². The highest BCUT2D eigenvalue weighted by Gasteiger charge is 2.33. The Balaban J connectivity index is 0.000000615. The van der Waals surface area contributed by atoms with Gasteiger partial charge in [-0.15, -0.1) is 0 Å². The molecule has 1 heterocycles. The molecule has 1 aliphatic heterocycles. The molecule has 2 bridgehead atoms. The van der Waals surface area contributed by atoms with Crippen LogP contribution < -0.4 is 0 Å². The summed E-state index contributed by atoms with van der Waals surface area (Å²) in [5, 5.41) is 0. The first-order chi connectivity index (χ1) is 10.9. The number of halogens is 1. The van der Waals surface area contributed by atoms with Crippen LogP contribution in [0.15, 0.2) is 57.3 Å². The summed E-state index contributed by atoms with van der Waals surface area (Å²) in [5.41, 5.74) is 2.58. The van der Waals surface area contributed by atoms with Crippen molar-refractivity contribution in [3.8, 4) is 0 Å². The summed E-state index contributed by atoms with van der Waals surface area (Å²) in [6, 6.07) is 0. The number of hydrogen-bond donors (Lipinski definition) is 0. The zero-order valence-corrected chi connectivity index (χ0v) is 16.6. The standard InChI is InChI=1S/C16H15BrO2.2C2H6/c1-16(2)9-14(18)13-7-11-5-10(8-15(13)19-16)3-4-12(17)6-11;2*1-2/h3-4,6-8H,5,9H2,1-2H3;2*1-2H3. The zero-order chi connectivity index (χ0) is 17.6. The predicted octanol–water partition coefficient (Wildman–Crippen LogP) is 6.17. The van der Waals surface area contributed by atoms with Crippen LogP contribution in [0.25, 0.3) is 0 Å². The summed E-state index contributed by atoms with van der Waals surface area (Å²) in [6.45, 7) is 11.9. The molecule has 0 radical (unpaired) electrons. The van der Waals surface area contributed by atoms with Gasteiger partial charge in [0.15, 0.2) is 5.78 Å². The van der Waals surface area contributed by atoms with Crippen molar-refractivity contribution in [1.82, 2.24) is 0 Å². The molecule has 0 aromatic carbocycles. The molecule has 3 heteroatoms. The van der Waals surface area contributed by atoms with Crippen molar-refractivity contribution in [2.75, 3.05) is 0 Å². The second-order valence-corrected chi connectivity index (χ2v) is 6.63. The van der Waals surface area contributed by atoms with E-state index in [1.165, 1.54) is 0 Å². The van der Waals surface area contributed by atoms with Crippen molar-refractivity contribution in [2.24, 2.45) is 0 Å². The van der Waals surface area contributed by atoms with Gasteiger partial charge in [0, 0.05) is 4.48 Å². The van der Waals surface area contributed by atoms with E-state index in [9.17, 15) is 4.79 Å². The summed E-state index contributed by atoms with van der Waals surface area (Å²) in [7, 11) is 0. The summed E-state index contributed by atoms with van der Waals surface area (Å²) in [5.74, 6) is 0.873. The number of rotatable bonds is 0. The average Bonchev–Trinajstić information content (AvgIpc) is 2.78. The molecule has 0 aromatic rings. The largest absolute Gasteiger partial charge is 0.487 e. The van der Waals surface area contributed by atoms with Gasteiger partial charge in [-0.05, 0) is 55.7 Å². The van der Waals surface area contributed by atoms with Crippen molar-refractivity contribution in [1.29, 1.82) is 0 Å². The van der Waals surface area contributed by atoms with Crippen LogP contribution in [-0.4, -0.2) is 11.4 Å². The highest BCUT2D eigenvalue weighted by molar-refractivity contribution is 9.11. The van der Waals surface area contributed by atoms with E-state index in [0.29, 0.717) is 17.8 Å². The fourth-order valence-corrected chi connectivity index (χ4v) is 3.00. The highest BCUT2D eigenvalue weighted by atomic mass is 79.9.